The van der Waals surface area contributed by atoms with Crippen LogP contribution in [0.3, 0.4) is 0 Å². The average Bonchev–Trinajstić information content (AvgIpc) is 2.40. The standard InChI is InChI=1S/C12H10I2N2O/c13-15-9-1-5-11(6-2-9)17-12-7-3-10(16-14)4-8-12/h1-8,15-16H. The summed E-state index contributed by atoms with van der Waals surface area (Å²) in [6.45, 7) is 0. The van der Waals surface area contributed by atoms with Gasteiger partial charge in [-0.2, -0.15) is 0 Å². The summed E-state index contributed by atoms with van der Waals surface area (Å²) < 4.78 is 11.8. The third-order valence-electron chi connectivity index (χ3n) is 2.16. The number of benzene rings is 2. The van der Waals surface area contributed by atoms with Crippen LogP contribution in [0.2, 0.25) is 0 Å². The minimum atomic E-state index is 0.829. The van der Waals surface area contributed by atoms with E-state index in [1.54, 1.807) is 0 Å². The van der Waals surface area contributed by atoms with Crippen molar-refractivity contribution in [1.82, 2.24) is 0 Å². The number of nitrogens with one attached hydrogen (secondary N) is 2. The molecule has 2 N–H and O–H groups in total. The second-order valence-electron chi connectivity index (χ2n) is 3.34. The number of halogens is 2. The molecule has 0 aliphatic heterocycles. The molecule has 5 heteroatoms. The Balaban J connectivity index is 2.08. The van der Waals surface area contributed by atoms with Gasteiger partial charge in [0.05, 0.1) is 45.7 Å². The first kappa shape index (κ1) is 12.7. The molecule has 0 unspecified atom stereocenters. The second-order valence-corrected chi connectivity index (χ2v) is 4.42. The lowest BCUT2D eigenvalue weighted by atomic mass is 10.3. The monoisotopic (exact) mass is 452 g/mol. The number of rotatable bonds is 4. The fraction of sp³-hybridized carbons (Fsp3) is 0. The van der Waals surface area contributed by atoms with Gasteiger partial charge in [-0.15, -0.1) is 0 Å². The maximum atomic E-state index is 5.72. The van der Waals surface area contributed by atoms with Gasteiger partial charge in [-0.05, 0) is 48.5 Å². The van der Waals surface area contributed by atoms with Crippen LogP contribution in [0, 0.1) is 0 Å². The molecule has 17 heavy (non-hydrogen) atoms. The predicted octanol–water partition coefficient (Wildman–Crippen LogP) is 5.00. The van der Waals surface area contributed by atoms with E-state index in [-0.39, 0.29) is 0 Å². The highest BCUT2D eigenvalue weighted by Gasteiger charge is 1.97. The molecule has 0 aliphatic rings. The van der Waals surface area contributed by atoms with Crippen molar-refractivity contribution >= 4 is 57.1 Å². The van der Waals surface area contributed by atoms with Gasteiger partial charge >= 0.3 is 0 Å². The summed E-state index contributed by atoms with van der Waals surface area (Å²) in [5.41, 5.74) is 2.12. The molecule has 0 heterocycles. The Bertz CT molecular complexity index is 425. The lowest BCUT2D eigenvalue weighted by molar-refractivity contribution is 0.483. The summed E-state index contributed by atoms with van der Waals surface area (Å²) in [5.74, 6) is 1.66. The van der Waals surface area contributed by atoms with E-state index in [4.69, 9.17) is 4.74 Å². The quantitative estimate of drug-likeness (QED) is 0.506. The first-order valence-electron chi connectivity index (χ1n) is 4.93. The van der Waals surface area contributed by atoms with Gasteiger partial charge in [0.25, 0.3) is 0 Å². The SMILES string of the molecule is INc1ccc(Oc2ccc(NI)cc2)cc1. The van der Waals surface area contributed by atoms with Crippen LogP contribution in [0.1, 0.15) is 0 Å². The van der Waals surface area contributed by atoms with Crippen LogP contribution in [0.15, 0.2) is 48.5 Å². The molecular formula is C12H10I2N2O. The van der Waals surface area contributed by atoms with Crippen LogP contribution in [-0.2, 0) is 0 Å². The molecule has 0 fully saturated rings. The topological polar surface area (TPSA) is 33.3 Å². The molecule has 0 amide bonds. The minimum Gasteiger partial charge on any atom is -0.457 e. The fourth-order valence-corrected chi connectivity index (χ4v) is 2.03. The van der Waals surface area contributed by atoms with E-state index in [0.717, 1.165) is 22.9 Å². The highest BCUT2D eigenvalue weighted by molar-refractivity contribution is 14.1. The van der Waals surface area contributed by atoms with Crippen molar-refractivity contribution in [3.63, 3.8) is 0 Å². The molecule has 0 spiro atoms. The van der Waals surface area contributed by atoms with Gasteiger partial charge in [0.1, 0.15) is 11.5 Å². The van der Waals surface area contributed by atoms with Gasteiger partial charge in [-0.1, -0.05) is 0 Å². The third-order valence-corrected chi connectivity index (χ3v) is 3.41. The first-order valence-corrected chi connectivity index (χ1v) is 7.09. The molecule has 2 aromatic carbocycles. The van der Waals surface area contributed by atoms with Gasteiger partial charge in [0, 0.05) is 11.4 Å². The van der Waals surface area contributed by atoms with Crippen molar-refractivity contribution in [2.75, 3.05) is 7.06 Å². The summed E-state index contributed by atoms with van der Waals surface area (Å²) >= 11 is 4.20. The van der Waals surface area contributed by atoms with Crippen LogP contribution in [-0.4, -0.2) is 0 Å². The molecule has 88 valence electrons. The Morgan fingerprint density at radius 2 is 1.00 bits per heavy atom. The van der Waals surface area contributed by atoms with Crippen molar-refractivity contribution in [2.45, 2.75) is 0 Å². The van der Waals surface area contributed by atoms with E-state index < -0.39 is 0 Å². The van der Waals surface area contributed by atoms with E-state index in [2.05, 4.69) is 52.8 Å². The Morgan fingerprint density at radius 3 is 1.29 bits per heavy atom. The third kappa shape index (κ3) is 3.63. The molecule has 0 saturated carbocycles. The Kier molecular flexibility index (Phi) is 4.72. The summed E-state index contributed by atoms with van der Waals surface area (Å²) in [7, 11) is 0. The van der Waals surface area contributed by atoms with E-state index in [1.807, 2.05) is 48.5 Å². The lowest BCUT2D eigenvalue weighted by Crippen LogP contribution is -1.85. The van der Waals surface area contributed by atoms with E-state index in [1.165, 1.54) is 0 Å². The van der Waals surface area contributed by atoms with Gasteiger partial charge in [-0.25, -0.2) is 0 Å². The van der Waals surface area contributed by atoms with Crippen LogP contribution in [0.25, 0.3) is 0 Å². The van der Waals surface area contributed by atoms with Gasteiger partial charge in [-0.3, -0.25) is 0 Å². The van der Waals surface area contributed by atoms with E-state index in [0.29, 0.717) is 0 Å². The molecule has 2 aromatic rings. The van der Waals surface area contributed by atoms with E-state index >= 15 is 0 Å². The maximum absolute atomic E-state index is 5.72. The number of anilines is 2. The molecule has 0 aromatic heterocycles. The van der Waals surface area contributed by atoms with Gasteiger partial charge < -0.3 is 11.8 Å². The van der Waals surface area contributed by atoms with Crippen molar-refractivity contribution in [3.8, 4) is 11.5 Å². The molecule has 0 atom stereocenters. The van der Waals surface area contributed by atoms with Crippen LogP contribution >= 0.6 is 45.7 Å². The molecule has 0 aliphatic carbocycles. The van der Waals surface area contributed by atoms with Crippen molar-refractivity contribution in [3.05, 3.63) is 48.5 Å². The van der Waals surface area contributed by atoms with Crippen molar-refractivity contribution in [2.24, 2.45) is 0 Å². The molecule has 0 radical (unpaired) electrons. The first-order chi connectivity index (χ1) is 8.31. The molecule has 2 rings (SSSR count). The minimum absolute atomic E-state index is 0.829. The zero-order valence-corrected chi connectivity index (χ0v) is 13.1. The zero-order valence-electron chi connectivity index (χ0n) is 8.78. The second kappa shape index (κ2) is 6.29. The summed E-state index contributed by atoms with van der Waals surface area (Å²) in [6, 6.07) is 15.6. The maximum Gasteiger partial charge on any atom is 0.127 e. The summed E-state index contributed by atoms with van der Waals surface area (Å²) in [5, 5.41) is 0. The van der Waals surface area contributed by atoms with Gasteiger partial charge in [0.15, 0.2) is 0 Å². The summed E-state index contributed by atoms with van der Waals surface area (Å²) in [6.07, 6.45) is 0. The Labute approximate surface area is 128 Å². The zero-order chi connectivity index (χ0) is 12.1. The molecule has 0 saturated heterocycles. The smallest absolute Gasteiger partial charge is 0.127 e. The largest absolute Gasteiger partial charge is 0.457 e. The van der Waals surface area contributed by atoms with Crippen LogP contribution in [0.4, 0.5) is 11.4 Å². The summed E-state index contributed by atoms with van der Waals surface area (Å²) in [4.78, 5) is 0. The van der Waals surface area contributed by atoms with Crippen molar-refractivity contribution < 1.29 is 4.74 Å². The highest BCUT2D eigenvalue weighted by atomic mass is 127. The van der Waals surface area contributed by atoms with Crippen molar-refractivity contribution in [1.29, 1.82) is 0 Å². The predicted molar refractivity (Wildman–Crippen MR) is 88.2 cm³/mol. The highest BCUT2D eigenvalue weighted by Crippen LogP contribution is 2.24. The van der Waals surface area contributed by atoms with Gasteiger partial charge in [0.2, 0.25) is 0 Å². The van der Waals surface area contributed by atoms with Crippen LogP contribution in [0.5, 0.6) is 11.5 Å². The number of hydrogen-bond acceptors (Lipinski definition) is 3. The Morgan fingerprint density at radius 1 is 0.647 bits per heavy atom. The normalized spacial score (nSPS) is 9.76. The molecule has 3 nitrogen and oxygen atoms in total. The number of ether oxygens (including phenoxy) is 1. The average molecular weight is 452 g/mol. The number of hydrogen-bond donors (Lipinski definition) is 2. The van der Waals surface area contributed by atoms with Crippen LogP contribution < -0.4 is 11.8 Å². The Hall–Kier alpha value is -0.700. The molecule has 0 bridgehead atoms. The van der Waals surface area contributed by atoms with E-state index in [9.17, 15) is 0 Å². The lowest BCUT2D eigenvalue weighted by Gasteiger charge is -2.07. The molecular weight excluding hydrogens is 442 g/mol. The fourth-order valence-electron chi connectivity index (χ4n) is 1.31.